The van der Waals surface area contributed by atoms with E-state index in [1.54, 1.807) is 31.4 Å². The first kappa shape index (κ1) is 20.5. The van der Waals surface area contributed by atoms with Crippen LogP contribution in [0.4, 0.5) is 8.78 Å². The smallest absolute Gasteiger partial charge is 0.304 e. The zero-order valence-corrected chi connectivity index (χ0v) is 17.5. The van der Waals surface area contributed by atoms with Crippen molar-refractivity contribution in [2.75, 3.05) is 13.4 Å². The van der Waals surface area contributed by atoms with Crippen molar-refractivity contribution in [2.24, 2.45) is 0 Å². The quantitative estimate of drug-likeness (QED) is 0.437. The van der Waals surface area contributed by atoms with E-state index in [1.807, 2.05) is 0 Å². The molecule has 154 valence electrons. The number of ether oxygens (including phenoxy) is 1. The van der Waals surface area contributed by atoms with Crippen LogP contribution in [-0.4, -0.2) is 32.5 Å². The zero-order valence-electron chi connectivity index (χ0n) is 15.9. The van der Waals surface area contributed by atoms with E-state index >= 15 is 0 Å². The summed E-state index contributed by atoms with van der Waals surface area (Å²) in [4.78, 5) is 22.2. The highest BCUT2D eigenvalue weighted by molar-refractivity contribution is 7.92. The Morgan fingerprint density at radius 3 is 2.50 bits per heavy atom. The summed E-state index contributed by atoms with van der Waals surface area (Å²) in [5.74, 6) is -1.21. The molecule has 0 N–H and O–H groups in total. The van der Waals surface area contributed by atoms with Gasteiger partial charge in [-0.05, 0) is 47.2 Å². The van der Waals surface area contributed by atoms with Gasteiger partial charge in [0.05, 0.1) is 13.7 Å². The number of hydrogen-bond acceptors (Lipinski definition) is 6. The second-order valence-electron chi connectivity index (χ2n) is 6.39. The summed E-state index contributed by atoms with van der Waals surface area (Å²) in [5, 5.41) is 0. The number of nitrogens with zero attached hydrogens (tertiary/aromatic N) is 3. The molecule has 0 fully saturated rings. The average Bonchev–Trinajstić information content (AvgIpc) is 3.17. The van der Waals surface area contributed by atoms with Gasteiger partial charge in [0.15, 0.2) is 22.0 Å². The fourth-order valence-electron chi connectivity index (χ4n) is 2.93. The van der Waals surface area contributed by atoms with E-state index in [0.29, 0.717) is 5.75 Å². The summed E-state index contributed by atoms with van der Waals surface area (Å²) in [7, 11) is 1.55. The van der Waals surface area contributed by atoms with Gasteiger partial charge in [-0.25, -0.2) is 13.8 Å². The number of fused-ring (bicyclic) bond motifs is 1. The van der Waals surface area contributed by atoms with Crippen LogP contribution in [0.2, 0.25) is 0 Å². The molecule has 2 heterocycles. The Kier molecular flexibility index (Phi) is 5.54. The van der Waals surface area contributed by atoms with E-state index < -0.39 is 28.4 Å². The van der Waals surface area contributed by atoms with Gasteiger partial charge in [0, 0.05) is 16.7 Å². The maximum absolute atomic E-state index is 13.9. The predicted molar refractivity (Wildman–Crippen MR) is 111 cm³/mol. The molecule has 0 radical (unpaired) electrons. The fraction of sp³-hybridized carbons (Fsp3) is 0.150. The summed E-state index contributed by atoms with van der Waals surface area (Å²) in [6.07, 6.45) is 1.46. The number of benzene rings is 2. The Bertz CT molecular complexity index is 1290. The van der Waals surface area contributed by atoms with Crippen LogP contribution < -0.4 is 10.3 Å². The molecule has 4 aromatic rings. The first-order chi connectivity index (χ1) is 14.4. The lowest BCUT2D eigenvalue weighted by Crippen LogP contribution is -2.24. The molecule has 6 nitrogen and oxygen atoms in total. The Morgan fingerprint density at radius 1 is 1.13 bits per heavy atom. The number of hydrogen-bond donors (Lipinski definition) is 0. The third-order valence-corrected chi connectivity index (χ3v) is 6.71. The third-order valence-electron chi connectivity index (χ3n) is 4.42. The van der Waals surface area contributed by atoms with Gasteiger partial charge in [-0.15, -0.1) is 0 Å². The molecule has 4 rings (SSSR count). The molecule has 1 unspecified atom stereocenters. The Labute approximate surface area is 177 Å². The molecule has 2 aromatic heterocycles. The zero-order chi connectivity index (χ0) is 21.4. The second kappa shape index (κ2) is 8.13. The van der Waals surface area contributed by atoms with Crippen molar-refractivity contribution in [3.8, 4) is 17.1 Å². The molecule has 10 heteroatoms. The van der Waals surface area contributed by atoms with Crippen LogP contribution >= 0.6 is 11.3 Å². The molecular weight excluding hydrogens is 432 g/mol. The van der Waals surface area contributed by atoms with E-state index in [9.17, 15) is 18.1 Å². The van der Waals surface area contributed by atoms with Crippen molar-refractivity contribution in [1.82, 2.24) is 14.5 Å². The second-order valence-corrected chi connectivity index (χ2v) is 8.92. The van der Waals surface area contributed by atoms with Crippen LogP contribution in [0, 0.1) is 11.6 Å². The normalized spacial score (nSPS) is 12.3. The monoisotopic (exact) mass is 447 g/mol. The summed E-state index contributed by atoms with van der Waals surface area (Å²) in [6.45, 7) is 0.127. The summed E-state index contributed by atoms with van der Waals surface area (Å²) in [5.41, 5.74) is 0.653. The van der Waals surface area contributed by atoms with E-state index in [4.69, 9.17) is 4.74 Å². The maximum Gasteiger partial charge on any atom is 0.304 e. The van der Waals surface area contributed by atoms with Crippen LogP contribution in [0.1, 0.15) is 5.56 Å². The van der Waals surface area contributed by atoms with Gasteiger partial charge < -0.3 is 9.29 Å². The number of thiazole rings is 1. The number of aromatic nitrogens is 3. The van der Waals surface area contributed by atoms with Gasteiger partial charge in [0.2, 0.25) is 0 Å². The van der Waals surface area contributed by atoms with E-state index in [2.05, 4.69) is 9.97 Å². The topological polar surface area (TPSA) is 80.1 Å². The summed E-state index contributed by atoms with van der Waals surface area (Å²) < 4.78 is 45.9. The predicted octanol–water partition coefficient (Wildman–Crippen LogP) is 3.59. The van der Waals surface area contributed by atoms with Gasteiger partial charge in [-0.2, -0.15) is 4.98 Å². The van der Waals surface area contributed by atoms with E-state index in [1.165, 1.54) is 16.9 Å². The molecule has 0 aliphatic heterocycles. The molecule has 2 aromatic carbocycles. The van der Waals surface area contributed by atoms with Crippen LogP contribution in [0.5, 0.6) is 5.75 Å². The van der Waals surface area contributed by atoms with Crippen molar-refractivity contribution in [3.05, 3.63) is 70.0 Å². The van der Waals surface area contributed by atoms with E-state index in [0.717, 1.165) is 29.0 Å². The van der Waals surface area contributed by atoms with Crippen molar-refractivity contribution < 1.29 is 18.1 Å². The highest BCUT2D eigenvalue weighted by Crippen LogP contribution is 2.26. The average molecular weight is 447 g/mol. The largest absolute Gasteiger partial charge is 0.610 e. The molecule has 0 bridgehead atoms. The van der Waals surface area contributed by atoms with Crippen LogP contribution in [0.3, 0.4) is 0 Å². The van der Waals surface area contributed by atoms with Gasteiger partial charge in [-0.1, -0.05) is 12.1 Å². The van der Waals surface area contributed by atoms with Crippen molar-refractivity contribution in [1.29, 1.82) is 0 Å². The Hall–Kier alpha value is -2.82. The molecule has 0 spiro atoms. The van der Waals surface area contributed by atoms with Crippen molar-refractivity contribution >= 4 is 32.9 Å². The maximum atomic E-state index is 13.9. The van der Waals surface area contributed by atoms with Crippen LogP contribution in [0.25, 0.3) is 21.7 Å². The minimum absolute atomic E-state index is 0.0880. The molecule has 0 amide bonds. The lowest BCUT2D eigenvalue weighted by Gasteiger charge is -2.13. The van der Waals surface area contributed by atoms with Gasteiger partial charge in [0.1, 0.15) is 17.8 Å². The molecule has 0 saturated heterocycles. The number of halogens is 2. The van der Waals surface area contributed by atoms with E-state index in [-0.39, 0.29) is 32.6 Å². The first-order valence-corrected chi connectivity index (χ1v) is 11.1. The number of methoxy groups -OCH3 is 1. The van der Waals surface area contributed by atoms with Gasteiger partial charge in [-0.3, -0.25) is 9.36 Å². The Morgan fingerprint density at radius 2 is 1.87 bits per heavy atom. The summed E-state index contributed by atoms with van der Waals surface area (Å²) in [6, 6.07) is 10.4. The molecule has 0 aliphatic carbocycles. The molecule has 0 saturated carbocycles. The standard InChI is InChI=1S/C20H15F2N3O3S2/c1-28-13-6-3-11(4-7-13)10-25-17(12-5-8-14(21)15(22)9-12)24-18-16(19(25)26)23-20(29-18)30(2)27/h3-9H,10H2,1-2H3. The minimum Gasteiger partial charge on any atom is -0.610 e. The van der Waals surface area contributed by atoms with Crippen molar-refractivity contribution in [3.63, 3.8) is 0 Å². The third kappa shape index (κ3) is 3.81. The lowest BCUT2D eigenvalue weighted by atomic mass is 10.1. The molecular formula is C20H15F2N3O3S2. The van der Waals surface area contributed by atoms with Crippen LogP contribution in [-0.2, 0) is 17.7 Å². The first-order valence-electron chi connectivity index (χ1n) is 8.70. The molecule has 30 heavy (non-hydrogen) atoms. The van der Waals surface area contributed by atoms with Gasteiger partial charge >= 0.3 is 4.34 Å². The SMILES string of the molecule is COc1ccc(Cn2c(-c3ccc(F)c(F)c3)nc3sc([S+](C)[O-])nc3c2=O)cc1. The lowest BCUT2D eigenvalue weighted by molar-refractivity contribution is 0.414. The molecule has 1 atom stereocenters. The Balaban J connectivity index is 1.92. The summed E-state index contributed by atoms with van der Waals surface area (Å²) >= 11 is -0.345. The molecule has 0 aliphatic rings. The fourth-order valence-corrected chi connectivity index (χ4v) is 4.52. The highest BCUT2D eigenvalue weighted by Gasteiger charge is 2.21. The van der Waals surface area contributed by atoms with Crippen molar-refractivity contribution in [2.45, 2.75) is 10.9 Å². The number of rotatable bonds is 5. The van der Waals surface area contributed by atoms with Gasteiger partial charge in [0.25, 0.3) is 5.56 Å². The van der Waals surface area contributed by atoms with Crippen LogP contribution in [0.15, 0.2) is 51.6 Å². The minimum atomic E-state index is -1.38. The highest BCUT2D eigenvalue weighted by atomic mass is 32.2.